The van der Waals surface area contributed by atoms with Gasteiger partial charge in [-0.1, -0.05) is 26.3 Å². The van der Waals surface area contributed by atoms with Gasteiger partial charge in [0.15, 0.2) is 0 Å². The first-order chi connectivity index (χ1) is 6.37. The molecule has 0 aromatic carbocycles. The van der Waals surface area contributed by atoms with Crippen molar-refractivity contribution in [2.24, 2.45) is 5.41 Å². The van der Waals surface area contributed by atoms with Gasteiger partial charge in [0.25, 0.3) is 0 Å². The number of nitrogens with one attached hydrogen (secondary N) is 1. The lowest BCUT2D eigenvalue weighted by atomic mass is 9.81. The standard InChI is InChI=1S/C13H27N/c1-7-14-12(4)10-13(5,6)9-8-11(2)3/h12,14H,2,7-10H2,1,3-6H3. The second kappa shape index (κ2) is 6.23. The quantitative estimate of drug-likeness (QED) is 0.613. The van der Waals surface area contributed by atoms with E-state index in [0.717, 1.165) is 13.0 Å². The van der Waals surface area contributed by atoms with Crippen LogP contribution in [0.4, 0.5) is 0 Å². The lowest BCUT2D eigenvalue weighted by Crippen LogP contribution is -2.31. The normalized spacial score (nSPS) is 14.1. The fourth-order valence-corrected chi connectivity index (χ4v) is 1.90. The molecule has 0 spiro atoms. The summed E-state index contributed by atoms with van der Waals surface area (Å²) in [5, 5.41) is 3.47. The first-order valence-electron chi connectivity index (χ1n) is 5.75. The van der Waals surface area contributed by atoms with E-state index in [0.29, 0.717) is 11.5 Å². The molecule has 14 heavy (non-hydrogen) atoms. The summed E-state index contributed by atoms with van der Waals surface area (Å²) < 4.78 is 0. The van der Waals surface area contributed by atoms with Gasteiger partial charge >= 0.3 is 0 Å². The first-order valence-corrected chi connectivity index (χ1v) is 5.75. The van der Waals surface area contributed by atoms with Crippen molar-refractivity contribution in [1.82, 2.24) is 5.32 Å². The van der Waals surface area contributed by atoms with E-state index in [-0.39, 0.29) is 0 Å². The Hall–Kier alpha value is -0.300. The average molecular weight is 197 g/mol. The molecule has 0 saturated carbocycles. The van der Waals surface area contributed by atoms with Crippen LogP contribution in [0.3, 0.4) is 0 Å². The second-order valence-corrected chi connectivity index (χ2v) is 5.28. The minimum absolute atomic E-state index is 0.431. The summed E-state index contributed by atoms with van der Waals surface area (Å²) in [5.74, 6) is 0. The molecule has 0 aromatic rings. The minimum Gasteiger partial charge on any atom is -0.315 e. The lowest BCUT2D eigenvalue weighted by Gasteiger charge is -2.28. The number of hydrogen-bond donors (Lipinski definition) is 1. The third-order valence-corrected chi connectivity index (χ3v) is 2.64. The summed E-state index contributed by atoms with van der Waals surface area (Å²) in [6.45, 7) is 16.3. The van der Waals surface area contributed by atoms with Gasteiger partial charge in [-0.15, -0.1) is 6.58 Å². The van der Waals surface area contributed by atoms with Gasteiger partial charge in [0, 0.05) is 6.04 Å². The highest BCUT2D eigenvalue weighted by Gasteiger charge is 2.20. The summed E-state index contributed by atoms with van der Waals surface area (Å²) in [6, 6.07) is 0.625. The Morgan fingerprint density at radius 2 is 2.00 bits per heavy atom. The van der Waals surface area contributed by atoms with Crippen LogP contribution in [0.1, 0.15) is 53.9 Å². The van der Waals surface area contributed by atoms with E-state index in [2.05, 4.69) is 46.5 Å². The van der Waals surface area contributed by atoms with Crippen LogP contribution in [0.15, 0.2) is 12.2 Å². The van der Waals surface area contributed by atoms with Gasteiger partial charge < -0.3 is 5.32 Å². The molecule has 1 N–H and O–H groups in total. The van der Waals surface area contributed by atoms with Crippen molar-refractivity contribution in [3.05, 3.63) is 12.2 Å². The van der Waals surface area contributed by atoms with Crippen molar-refractivity contribution in [2.75, 3.05) is 6.54 Å². The molecule has 0 saturated heterocycles. The van der Waals surface area contributed by atoms with Crippen LogP contribution >= 0.6 is 0 Å². The number of allylic oxidation sites excluding steroid dienone is 1. The Balaban J connectivity index is 3.86. The molecule has 0 radical (unpaired) electrons. The molecular weight excluding hydrogens is 170 g/mol. The van der Waals surface area contributed by atoms with E-state index in [1.54, 1.807) is 0 Å². The van der Waals surface area contributed by atoms with Crippen LogP contribution in [0.5, 0.6) is 0 Å². The van der Waals surface area contributed by atoms with Crippen LogP contribution in [-0.4, -0.2) is 12.6 Å². The van der Waals surface area contributed by atoms with Gasteiger partial charge in [0.2, 0.25) is 0 Å². The van der Waals surface area contributed by atoms with E-state index in [1.807, 2.05) is 0 Å². The van der Waals surface area contributed by atoms with Crippen LogP contribution in [0, 0.1) is 5.41 Å². The highest BCUT2D eigenvalue weighted by Crippen LogP contribution is 2.29. The van der Waals surface area contributed by atoms with E-state index >= 15 is 0 Å². The zero-order valence-electron chi connectivity index (χ0n) is 10.6. The number of hydrogen-bond acceptors (Lipinski definition) is 1. The molecule has 1 nitrogen and oxygen atoms in total. The van der Waals surface area contributed by atoms with Crippen LogP contribution < -0.4 is 5.32 Å². The Bertz CT molecular complexity index is 170. The summed E-state index contributed by atoms with van der Waals surface area (Å²) in [7, 11) is 0. The topological polar surface area (TPSA) is 12.0 Å². The zero-order valence-corrected chi connectivity index (χ0v) is 10.6. The average Bonchev–Trinajstić information content (AvgIpc) is 2.00. The zero-order chi connectivity index (χ0) is 11.2. The molecule has 0 aromatic heterocycles. The smallest absolute Gasteiger partial charge is 0.00436 e. The van der Waals surface area contributed by atoms with Crippen molar-refractivity contribution >= 4 is 0 Å². The summed E-state index contributed by atoms with van der Waals surface area (Å²) >= 11 is 0. The Labute approximate surface area is 90.0 Å². The molecule has 0 aliphatic carbocycles. The van der Waals surface area contributed by atoms with Crippen molar-refractivity contribution < 1.29 is 0 Å². The monoisotopic (exact) mass is 197 g/mol. The molecule has 1 atom stereocenters. The lowest BCUT2D eigenvalue weighted by molar-refractivity contribution is 0.270. The Morgan fingerprint density at radius 1 is 1.43 bits per heavy atom. The Kier molecular flexibility index (Phi) is 6.10. The molecule has 0 fully saturated rings. The summed E-state index contributed by atoms with van der Waals surface area (Å²) in [4.78, 5) is 0. The fourth-order valence-electron chi connectivity index (χ4n) is 1.90. The molecular formula is C13H27N. The highest BCUT2D eigenvalue weighted by molar-refractivity contribution is 4.90. The van der Waals surface area contributed by atoms with Crippen molar-refractivity contribution in [3.8, 4) is 0 Å². The molecule has 84 valence electrons. The van der Waals surface area contributed by atoms with Gasteiger partial charge in [0.05, 0.1) is 0 Å². The van der Waals surface area contributed by atoms with Gasteiger partial charge in [-0.25, -0.2) is 0 Å². The van der Waals surface area contributed by atoms with Crippen LogP contribution in [0.25, 0.3) is 0 Å². The van der Waals surface area contributed by atoms with Crippen LogP contribution in [-0.2, 0) is 0 Å². The molecule has 0 heterocycles. The maximum atomic E-state index is 3.96. The summed E-state index contributed by atoms with van der Waals surface area (Å²) in [5.41, 5.74) is 1.73. The summed E-state index contributed by atoms with van der Waals surface area (Å²) in [6.07, 6.45) is 3.65. The van der Waals surface area contributed by atoms with Crippen molar-refractivity contribution in [1.29, 1.82) is 0 Å². The molecule has 0 rings (SSSR count). The Morgan fingerprint density at radius 3 is 2.43 bits per heavy atom. The molecule has 0 bridgehead atoms. The third kappa shape index (κ3) is 7.14. The molecule has 0 amide bonds. The third-order valence-electron chi connectivity index (χ3n) is 2.64. The van der Waals surface area contributed by atoms with Gasteiger partial charge in [-0.2, -0.15) is 0 Å². The van der Waals surface area contributed by atoms with Gasteiger partial charge in [-0.3, -0.25) is 0 Å². The predicted octanol–water partition coefficient (Wildman–Crippen LogP) is 3.76. The molecule has 1 heteroatoms. The van der Waals surface area contributed by atoms with E-state index in [4.69, 9.17) is 0 Å². The molecule has 0 aliphatic heterocycles. The van der Waals surface area contributed by atoms with Gasteiger partial charge in [0.1, 0.15) is 0 Å². The second-order valence-electron chi connectivity index (χ2n) is 5.28. The maximum Gasteiger partial charge on any atom is 0.00436 e. The van der Waals surface area contributed by atoms with Crippen molar-refractivity contribution in [2.45, 2.75) is 59.9 Å². The largest absolute Gasteiger partial charge is 0.315 e. The SMILES string of the molecule is C=C(C)CCC(C)(C)CC(C)NCC. The van der Waals surface area contributed by atoms with Crippen LogP contribution in [0.2, 0.25) is 0 Å². The van der Waals surface area contributed by atoms with Crippen molar-refractivity contribution in [3.63, 3.8) is 0 Å². The van der Waals surface area contributed by atoms with E-state index in [9.17, 15) is 0 Å². The fraction of sp³-hybridized carbons (Fsp3) is 0.846. The first kappa shape index (κ1) is 13.7. The predicted molar refractivity (Wildman–Crippen MR) is 65.6 cm³/mol. The van der Waals surface area contributed by atoms with E-state index < -0.39 is 0 Å². The molecule has 1 unspecified atom stereocenters. The highest BCUT2D eigenvalue weighted by atomic mass is 14.9. The maximum absolute atomic E-state index is 3.96. The van der Waals surface area contributed by atoms with E-state index in [1.165, 1.54) is 18.4 Å². The van der Waals surface area contributed by atoms with Gasteiger partial charge in [-0.05, 0) is 45.1 Å². The minimum atomic E-state index is 0.431. The molecule has 0 aliphatic rings. The number of rotatable bonds is 7.